The molecule has 0 radical (unpaired) electrons. The number of azo groups is 1. The van der Waals surface area contributed by atoms with Crippen molar-refractivity contribution in [3.05, 3.63) is 59.7 Å². The van der Waals surface area contributed by atoms with E-state index in [2.05, 4.69) is 10.2 Å². The molecule has 0 saturated heterocycles. The van der Waals surface area contributed by atoms with Crippen molar-refractivity contribution in [1.82, 2.24) is 0 Å². The average Bonchev–Trinajstić information content (AvgIpc) is 2.62. The van der Waals surface area contributed by atoms with Crippen molar-refractivity contribution in [1.29, 1.82) is 0 Å². The lowest BCUT2D eigenvalue weighted by molar-refractivity contribution is 0.0697. The van der Waals surface area contributed by atoms with Crippen LogP contribution in [0.2, 0.25) is 0 Å². The first kappa shape index (κ1) is 18.6. The third-order valence-corrected chi connectivity index (χ3v) is 3.57. The van der Waals surface area contributed by atoms with Crippen molar-refractivity contribution < 1.29 is 20.1 Å². The summed E-state index contributed by atoms with van der Waals surface area (Å²) in [4.78, 5) is 12.8. The summed E-state index contributed by atoms with van der Waals surface area (Å²) in [6.45, 7) is 1.33. The smallest absolute Gasteiger partial charge is 0.335 e. The van der Waals surface area contributed by atoms with E-state index < -0.39 is 5.97 Å². The highest BCUT2D eigenvalue weighted by Crippen LogP contribution is 2.18. The summed E-state index contributed by atoms with van der Waals surface area (Å²) in [6.07, 6.45) is 0. The molecule has 0 aliphatic carbocycles. The Hall–Kier alpha value is -2.77. The Bertz CT molecular complexity index is 711. The first-order valence-corrected chi connectivity index (χ1v) is 7.90. The Labute approximate surface area is 145 Å². The van der Waals surface area contributed by atoms with Gasteiger partial charge in [0.05, 0.1) is 31.0 Å². The molecular weight excluding hydrogens is 322 g/mol. The Morgan fingerprint density at radius 3 is 2.28 bits per heavy atom. The highest BCUT2D eigenvalue weighted by molar-refractivity contribution is 5.88. The number of rotatable bonds is 9. The van der Waals surface area contributed by atoms with Gasteiger partial charge in [-0.05, 0) is 35.9 Å². The summed E-state index contributed by atoms with van der Waals surface area (Å²) in [6, 6.07) is 13.9. The molecule has 0 aliphatic rings. The predicted octanol–water partition coefficient (Wildman–Crippen LogP) is 2.46. The van der Waals surface area contributed by atoms with Crippen LogP contribution in [0.15, 0.2) is 58.8 Å². The summed E-state index contributed by atoms with van der Waals surface area (Å²) >= 11 is 0. The number of anilines is 1. The Morgan fingerprint density at radius 2 is 1.68 bits per heavy atom. The lowest BCUT2D eigenvalue weighted by Crippen LogP contribution is -2.29. The van der Waals surface area contributed by atoms with E-state index in [0.717, 1.165) is 11.3 Å². The molecule has 0 amide bonds. The zero-order valence-corrected chi connectivity index (χ0v) is 13.7. The Kier molecular flexibility index (Phi) is 7.06. The van der Waals surface area contributed by atoms with Crippen molar-refractivity contribution in [3.8, 4) is 0 Å². The van der Waals surface area contributed by atoms with Crippen molar-refractivity contribution in [2.45, 2.75) is 6.54 Å². The van der Waals surface area contributed by atoms with Crippen LogP contribution in [0.5, 0.6) is 0 Å². The topological polar surface area (TPSA) is 106 Å². The van der Waals surface area contributed by atoms with Gasteiger partial charge < -0.3 is 20.2 Å². The molecule has 0 saturated carbocycles. The molecule has 3 N–H and O–H groups in total. The summed E-state index contributed by atoms with van der Waals surface area (Å²) in [5.74, 6) is -0.997. The summed E-state index contributed by atoms with van der Waals surface area (Å²) in [5.41, 5.74) is 2.54. The van der Waals surface area contributed by atoms with Gasteiger partial charge in [0.1, 0.15) is 0 Å². The van der Waals surface area contributed by atoms with Crippen LogP contribution in [0.25, 0.3) is 0 Å². The number of carbonyl (C=O) groups is 1. The number of benzene rings is 2. The third-order valence-electron chi connectivity index (χ3n) is 3.57. The van der Waals surface area contributed by atoms with Gasteiger partial charge in [-0.1, -0.05) is 18.2 Å². The van der Waals surface area contributed by atoms with E-state index in [1.807, 2.05) is 29.2 Å². The SMILES string of the molecule is O=C(O)c1cccc(N=NCc2ccc(N(CCO)CCO)cc2)c1. The molecule has 0 atom stereocenters. The highest BCUT2D eigenvalue weighted by atomic mass is 16.4. The molecule has 0 aliphatic heterocycles. The molecule has 7 heteroatoms. The van der Waals surface area contributed by atoms with Crippen molar-refractivity contribution in [3.63, 3.8) is 0 Å². The Morgan fingerprint density at radius 1 is 1.00 bits per heavy atom. The number of aliphatic hydroxyl groups excluding tert-OH is 2. The van der Waals surface area contributed by atoms with E-state index in [1.54, 1.807) is 12.1 Å². The van der Waals surface area contributed by atoms with Gasteiger partial charge in [0, 0.05) is 18.8 Å². The molecule has 7 nitrogen and oxygen atoms in total. The number of hydrogen-bond acceptors (Lipinski definition) is 6. The van der Waals surface area contributed by atoms with Crippen LogP contribution in [0, 0.1) is 0 Å². The average molecular weight is 343 g/mol. The predicted molar refractivity (Wildman–Crippen MR) is 94.4 cm³/mol. The van der Waals surface area contributed by atoms with Gasteiger partial charge in [0.2, 0.25) is 0 Å². The summed E-state index contributed by atoms with van der Waals surface area (Å²) in [5, 5.41) is 35.2. The molecule has 2 aromatic rings. The number of aromatic carboxylic acids is 1. The van der Waals surface area contributed by atoms with E-state index in [0.29, 0.717) is 25.3 Å². The second-order valence-corrected chi connectivity index (χ2v) is 5.36. The standard InChI is InChI=1S/C18H21N3O4/c22-10-8-21(9-11-23)17-6-4-14(5-7-17)13-19-20-16-3-1-2-15(12-16)18(24)25/h1-7,12,22-23H,8-11,13H2,(H,24,25). The molecular formula is C18H21N3O4. The largest absolute Gasteiger partial charge is 0.478 e. The van der Waals surface area contributed by atoms with Gasteiger partial charge in [-0.3, -0.25) is 0 Å². The molecule has 25 heavy (non-hydrogen) atoms. The second-order valence-electron chi connectivity index (χ2n) is 5.36. The van der Waals surface area contributed by atoms with Gasteiger partial charge in [0.25, 0.3) is 0 Å². The second kappa shape index (κ2) is 9.51. The van der Waals surface area contributed by atoms with E-state index in [-0.39, 0.29) is 18.8 Å². The van der Waals surface area contributed by atoms with E-state index in [1.165, 1.54) is 12.1 Å². The van der Waals surface area contributed by atoms with Gasteiger partial charge in [0.15, 0.2) is 0 Å². The number of carboxylic acid groups (broad SMARTS) is 1. The summed E-state index contributed by atoms with van der Waals surface area (Å²) in [7, 11) is 0. The van der Waals surface area contributed by atoms with Gasteiger partial charge >= 0.3 is 5.97 Å². The molecule has 0 heterocycles. The molecule has 2 aromatic carbocycles. The van der Waals surface area contributed by atoms with Crippen molar-refractivity contribution in [2.75, 3.05) is 31.2 Å². The van der Waals surface area contributed by atoms with Crippen LogP contribution >= 0.6 is 0 Å². The molecule has 0 spiro atoms. The van der Waals surface area contributed by atoms with Gasteiger partial charge in [-0.15, -0.1) is 0 Å². The van der Waals surface area contributed by atoms with Crippen LogP contribution in [-0.2, 0) is 6.54 Å². The number of nitrogens with zero attached hydrogens (tertiary/aromatic N) is 3. The highest BCUT2D eigenvalue weighted by Gasteiger charge is 2.05. The lowest BCUT2D eigenvalue weighted by Gasteiger charge is -2.22. The number of aliphatic hydroxyl groups is 2. The molecule has 0 bridgehead atoms. The lowest BCUT2D eigenvalue weighted by atomic mass is 10.2. The fourth-order valence-electron chi connectivity index (χ4n) is 2.32. The van der Waals surface area contributed by atoms with E-state index in [4.69, 9.17) is 15.3 Å². The quantitative estimate of drug-likeness (QED) is 0.607. The van der Waals surface area contributed by atoms with Crippen LogP contribution in [0.1, 0.15) is 15.9 Å². The normalized spacial score (nSPS) is 11.0. The minimum Gasteiger partial charge on any atom is -0.478 e. The van der Waals surface area contributed by atoms with Crippen molar-refractivity contribution >= 4 is 17.3 Å². The van der Waals surface area contributed by atoms with E-state index >= 15 is 0 Å². The zero-order valence-electron chi connectivity index (χ0n) is 13.7. The zero-order chi connectivity index (χ0) is 18.1. The first-order valence-electron chi connectivity index (χ1n) is 7.90. The Balaban J connectivity index is 1.99. The maximum Gasteiger partial charge on any atom is 0.335 e. The minimum absolute atomic E-state index is 0.0192. The molecule has 2 rings (SSSR count). The third kappa shape index (κ3) is 5.66. The minimum atomic E-state index is -0.997. The van der Waals surface area contributed by atoms with Crippen LogP contribution in [-0.4, -0.2) is 47.6 Å². The molecule has 0 unspecified atom stereocenters. The monoisotopic (exact) mass is 343 g/mol. The maximum atomic E-state index is 10.9. The van der Waals surface area contributed by atoms with Gasteiger partial charge in [-0.2, -0.15) is 10.2 Å². The maximum absolute atomic E-state index is 10.9. The molecule has 0 aromatic heterocycles. The molecule has 0 fully saturated rings. The van der Waals surface area contributed by atoms with Gasteiger partial charge in [-0.25, -0.2) is 4.79 Å². The summed E-state index contributed by atoms with van der Waals surface area (Å²) < 4.78 is 0. The fourth-order valence-corrected chi connectivity index (χ4v) is 2.32. The van der Waals surface area contributed by atoms with Crippen LogP contribution in [0.3, 0.4) is 0 Å². The number of carboxylic acids is 1. The number of hydrogen-bond donors (Lipinski definition) is 3. The van der Waals surface area contributed by atoms with E-state index in [9.17, 15) is 4.79 Å². The van der Waals surface area contributed by atoms with Crippen LogP contribution in [0.4, 0.5) is 11.4 Å². The first-order chi connectivity index (χ1) is 12.1. The molecule has 132 valence electrons. The fraction of sp³-hybridized carbons (Fsp3) is 0.278. The van der Waals surface area contributed by atoms with Crippen LogP contribution < -0.4 is 4.90 Å². The van der Waals surface area contributed by atoms with Crippen molar-refractivity contribution in [2.24, 2.45) is 10.2 Å².